The molecule has 0 saturated carbocycles. The number of benzene rings is 1. The molecule has 3 N–H and O–H groups in total. The largest absolute Gasteiger partial charge is 0.481 e. The van der Waals surface area contributed by atoms with Gasteiger partial charge in [0.1, 0.15) is 5.82 Å². The second kappa shape index (κ2) is 8.70. The Balaban J connectivity index is 1.97. The summed E-state index contributed by atoms with van der Waals surface area (Å²) in [6.45, 7) is 8.44. The van der Waals surface area contributed by atoms with Crippen LogP contribution in [0.25, 0.3) is 0 Å². The highest BCUT2D eigenvalue weighted by Crippen LogP contribution is 2.17. The van der Waals surface area contributed by atoms with Crippen molar-refractivity contribution in [2.75, 3.05) is 5.32 Å². The molecule has 1 aromatic heterocycles. The lowest BCUT2D eigenvalue weighted by molar-refractivity contribution is -0.137. The van der Waals surface area contributed by atoms with Crippen molar-refractivity contribution in [1.29, 1.82) is 0 Å². The molecule has 0 fully saturated rings. The zero-order chi connectivity index (χ0) is 20.0. The van der Waals surface area contributed by atoms with Crippen molar-refractivity contribution in [3.63, 3.8) is 0 Å². The minimum atomic E-state index is -0.883. The normalized spacial score (nSPS) is 11.4. The van der Waals surface area contributed by atoms with E-state index in [2.05, 4.69) is 53.8 Å². The van der Waals surface area contributed by atoms with Gasteiger partial charge in [0.25, 0.3) is 0 Å². The van der Waals surface area contributed by atoms with Crippen LogP contribution in [0.3, 0.4) is 0 Å². The third kappa shape index (κ3) is 6.44. The van der Waals surface area contributed by atoms with Gasteiger partial charge >= 0.3 is 12.0 Å². The topological polar surface area (TPSA) is 96.3 Å². The molecule has 0 bridgehead atoms. The second-order valence-electron chi connectivity index (χ2n) is 7.63. The first-order chi connectivity index (χ1) is 12.7. The number of hydrogen-bond donors (Lipinski definition) is 3. The Morgan fingerprint density at radius 3 is 2.44 bits per heavy atom. The smallest absolute Gasteiger partial charge is 0.320 e. The number of carboxylic acids is 1. The maximum absolute atomic E-state index is 12.3. The van der Waals surface area contributed by atoms with Crippen LogP contribution >= 0.6 is 0 Å². The highest BCUT2D eigenvalue weighted by molar-refractivity contribution is 5.88. The molecule has 27 heavy (non-hydrogen) atoms. The summed E-state index contributed by atoms with van der Waals surface area (Å²) in [6.07, 6.45) is 1.97. The van der Waals surface area contributed by atoms with Gasteiger partial charge in [-0.1, -0.05) is 38.1 Å². The number of carbonyl (C=O) groups is 2. The van der Waals surface area contributed by atoms with Crippen molar-refractivity contribution in [2.45, 2.75) is 58.5 Å². The minimum Gasteiger partial charge on any atom is -0.481 e. The van der Waals surface area contributed by atoms with E-state index in [0.29, 0.717) is 24.7 Å². The molecule has 0 saturated heterocycles. The summed E-state index contributed by atoms with van der Waals surface area (Å²) >= 11 is 0. The molecule has 7 heteroatoms. The lowest BCUT2D eigenvalue weighted by atomic mass is 9.99. The molecule has 0 unspecified atom stereocenters. The van der Waals surface area contributed by atoms with Gasteiger partial charge in [0.2, 0.25) is 0 Å². The predicted molar refractivity (Wildman–Crippen MR) is 105 cm³/mol. The van der Waals surface area contributed by atoms with Crippen molar-refractivity contribution >= 4 is 17.8 Å². The fourth-order valence-electron chi connectivity index (χ4n) is 2.68. The van der Waals surface area contributed by atoms with E-state index in [0.717, 1.165) is 5.56 Å². The molecule has 0 radical (unpaired) electrons. The monoisotopic (exact) mass is 372 g/mol. The standard InChI is InChI=1S/C20H28N4O3/c1-14(2)16-7-5-15(6-8-16)13-24-17(10-12-21-24)22-19(27)23-20(3,4)11-9-18(25)26/h5-8,10,12,14H,9,11,13H2,1-4H3,(H,25,26)(H2,22,23,27). The average Bonchev–Trinajstić information content (AvgIpc) is 2.99. The number of aromatic nitrogens is 2. The molecule has 2 aromatic rings. The van der Waals surface area contributed by atoms with Crippen LogP contribution in [0.5, 0.6) is 0 Å². The highest BCUT2D eigenvalue weighted by atomic mass is 16.4. The summed E-state index contributed by atoms with van der Waals surface area (Å²) in [5, 5.41) is 18.7. The van der Waals surface area contributed by atoms with Crippen molar-refractivity contribution < 1.29 is 14.7 Å². The molecule has 2 amide bonds. The number of nitrogens with zero attached hydrogens (tertiary/aromatic N) is 2. The third-order valence-electron chi connectivity index (χ3n) is 4.35. The summed E-state index contributed by atoms with van der Waals surface area (Å²) < 4.78 is 1.72. The van der Waals surface area contributed by atoms with Crippen LogP contribution in [0.4, 0.5) is 10.6 Å². The molecule has 0 atom stereocenters. The summed E-state index contributed by atoms with van der Waals surface area (Å²) in [5.74, 6) is 0.176. The first-order valence-corrected chi connectivity index (χ1v) is 9.08. The summed E-state index contributed by atoms with van der Waals surface area (Å²) in [4.78, 5) is 23.0. The van der Waals surface area contributed by atoms with Gasteiger partial charge in [0.15, 0.2) is 0 Å². The number of carboxylic acid groups (broad SMARTS) is 1. The number of aliphatic carboxylic acids is 1. The average molecular weight is 372 g/mol. The first kappa shape index (κ1) is 20.5. The lowest BCUT2D eigenvalue weighted by Gasteiger charge is -2.25. The van der Waals surface area contributed by atoms with Gasteiger partial charge < -0.3 is 10.4 Å². The van der Waals surface area contributed by atoms with Gasteiger partial charge in [-0.15, -0.1) is 0 Å². The molecule has 0 aliphatic carbocycles. The first-order valence-electron chi connectivity index (χ1n) is 9.08. The molecule has 0 spiro atoms. The van der Waals surface area contributed by atoms with E-state index in [1.54, 1.807) is 30.8 Å². The van der Waals surface area contributed by atoms with Crippen LogP contribution in [0, 0.1) is 0 Å². The molecule has 2 rings (SSSR count). The summed E-state index contributed by atoms with van der Waals surface area (Å²) in [5.41, 5.74) is 1.74. The van der Waals surface area contributed by atoms with Crippen molar-refractivity contribution in [3.8, 4) is 0 Å². The number of anilines is 1. The van der Waals surface area contributed by atoms with Crippen LogP contribution in [-0.4, -0.2) is 32.4 Å². The van der Waals surface area contributed by atoms with E-state index in [4.69, 9.17) is 5.11 Å². The SMILES string of the molecule is CC(C)c1ccc(Cn2nccc2NC(=O)NC(C)(C)CCC(=O)O)cc1. The third-order valence-corrected chi connectivity index (χ3v) is 4.35. The van der Waals surface area contributed by atoms with Crippen LogP contribution in [0.1, 0.15) is 57.6 Å². The number of hydrogen-bond acceptors (Lipinski definition) is 3. The van der Waals surface area contributed by atoms with E-state index in [1.165, 1.54) is 5.56 Å². The van der Waals surface area contributed by atoms with Crippen LogP contribution in [-0.2, 0) is 11.3 Å². The Kier molecular flexibility index (Phi) is 6.60. The van der Waals surface area contributed by atoms with Gasteiger partial charge in [-0.25, -0.2) is 9.48 Å². The van der Waals surface area contributed by atoms with Gasteiger partial charge in [0, 0.05) is 18.0 Å². The number of urea groups is 1. The van der Waals surface area contributed by atoms with Crippen molar-refractivity contribution in [2.24, 2.45) is 0 Å². The molecule has 7 nitrogen and oxygen atoms in total. The highest BCUT2D eigenvalue weighted by Gasteiger charge is 2.22. The number of amides is 2. The zero-order valence-corrected chi connectivity index (χ0v) is 16.3. The van der Waals surface area contributed by atoms with Crippen molar-refractivity contribution in [1.82, 2.24) is 15.1 Å². The van der Waals surface area contributed by atoms with Gasteiger partial charge in [-0.05, 0) is 37.3 Å². The molecule has 1 aromatic carbocycles. The summed E-state index contributed by atoms with van der Waals surface area (Å²) in [6, 6.07) is 9.68. The number of rotatable bonds is 8. The van der Waals surface area contributed by atoms with Crippen molar-refractivity contribution in [3.05, 3.63) is 47.7 Å². The number of carbonyl (C=O) groups excluding carboxylic acids is 1. The fraction of sp³-hybridized carbons (Fsp3) is 0.450. The molecule has 146 valence electrons. The Morgan fingerprint density at radius 1 is 1.19 bits per heavy atom. The van der Waals surface area contributed by atoms with Crippen LogP contribution in [0.15, 0.2) is 36.5 Å². The Hall–Kier alpha value is -2.83. The Bertz CT molecular complexity index is 779. The molecule has 0 aliphatic heterocycles. The van der Waals surface area contributed by atoms with E-state index >= 15 is 0 Å². The Labute approximate surface area is 159 Å². The molecular weight excluding hydrogens is 344 g/mol. The maximum Gasteiger partial charge on any atom is 0.320 e. The fourth-order valence-corrected chi connectivity index (χ4v) is 2.68. The molecule has 0 aliphatic rings. The van der Waals surface area contributed by atoms with Crippen LogP contribution < -0.4 is 10.6 Å². The van der Waals surface area contributed by atoms with Gasteiger partial charge in [-0.2, -0.15) is 5.10 Å². The van der Waals surface area contributed by atoms with E-state index in [1.807, 2.05) is 0 Å². The maximum atomic E-state index is 12.3. The molecule has 1 heterocycles. The van der Waals surface area contributed by atoms with Gasteiger partial charge in [-0.3, -0.25) is 10.1 Å². The second-order valence-corrected chi connectivity index (χ2v) is 7.63. The van der Waals surface area contributed by atoms with E-state index in [9.17, 15) is 9.59 Å². The van der Waals surface area contributed by atoms with E-state index < -0.39 is 11.5 Å². The molecular formula is C20H28N4O3. The van der Waals surface area contributed by atoms with Crippen LogP contribution in [0.2, 0.25) is 0 Å². The van der Waals surface area contributed by atoms with E-state index in [-0.39, 0.29) is 12.5 Å². The number of nitrogens with one attached hydrogen (secondary N) is 2. The summed E-state index contributed by atoms with van der Waals surface area (Å²) in [7, 11) is 0. The minimum absolute atomic E-state index is 0.00240. The zero-order valence-electron chi connectivity index (χ0n) is 16.3. The quantitative estimate of drug-likeness (QED) is 0.656. The predicted octanol–water partition coefficient (Wildman–Crippen LogP) is 3.82. The van der Waals surface area contributed by atoms with Gasteiger partial charge in [0.05, 0.1) is 12.7 Å². The lowest BCUT2D eigenvalue weighted by Crippen LogP contribution is -2.46. The Morgan fingerprint density at radius 2 is 1.85 bits per heavy atom.